The molecule has 0 aromatic carbocycles. The van der Waals surface area contributed by atoms with Crippen molar-refractivity contribution in [1.82, 2.24) is 9.97 Å². The fraction of sp³-hybridized carbons (Fsp3) is 0.692. The van der Waals surface area contributed by atoms with E-state index in [0.29, 0.717) is 5.92 Å². The van der Waals surface area contributed by atoms with Crippen molar-refractivity contribution in [1.29, 1.82) is 0 Å². The van der Waals surface area contributed by atoms with Gasteiger partial charge in [-0.15, -0.1) is 0 Å². The maximum absolute atomic E-state index is 5.43. The van der Waals surface area contributed by atoms with E-state index in [0.717, 1.165) is 37.0 Å². The van der Waals surface area contributed by atoms with Crippen LogP contribution in [0.5, 0.6) is 0 Å². The van der Waals surface area contributed by atoms with Crippen molar-refractivity contribution in [2.24, 2.45) is 0 Å². The fourth-order valence-electron chi connectivity index (χ4n) is 1.99. The number of aromatic nitrogens is 2. The van der Waals surface area contributed by atoms with Crippen LogP contribution in [0, 0.1) is 6.92 Å². The van der Waals surface area contributed by atoms with E-state index in [1.54, 1.807) is 0 Å². The van der Waals surface area contributed by atoms with Crippen molar-refractivity contribution in [2.45, 2.75) is 45.6 Å². The topological polar surface area (TPSA) is 47.0 Å². The molecule has 0 radical (unpaired) electrons. The highest BCUT2D eigenvalue weighted by Gasteiger charge is 2.29. The molecule has 1 N–H and O–H groups in total. The molecule has 1 saturated heterocycles. The molecule has 1 unspecified atom stereocenters. The Hall–Kier alpha value is -1.16. The van der Waals surface area contributed by atoms with Gasteiger partial charge < -0.3 is 10.1 Å². The largest absolute Gasteiger partial charge is 0.379 e. The number of nitrogens with one attached hydrogen (secondary N) is 1. The highest BCUT2D eigenvalue weighted by atomic mass is 16.5. The number of hydrogen-bond acceptors (Lipinski definition) is 4. The van der Waals surface area contributed by atoms with Crippen LogP contribution >= 0.6 is 0 Å². The zero-order chi connectivity index (χ0) is 12.5. The molecule has 4 heteroatoms. The van der Waals surface area contributed by atoms with Crippen LogP contribution in [-0.2, 0) is 4.74 Å². The minimum absolute atomic E-state index is 0.00897. The Balaban J connectivity index is 2.20. The summed E-state index contributed by atoms with van der Waals surface area (Å²) >= 11 is 0. The van der Waals surface area contributed by atoms with Gasteiger partial charge in [0, 0.05) is 24.3 Å². The van der Waals surface area contributed by atoms with E-state index in [2.05, 4.69) is 36.1 Å². The predicted octanol–water partition coefficient (Wildman–Crippen LogP) is 2.50. The van der Waals surface area contributed by atoms with Crippen molar-refractivity contribution in [3.05, 3.63) is 17.6 Å². The molecule has 0 bridgehead atoms. The monoisotopic (exact) mass is 235 g/mol. The quantitative estimate of drug-likeness (QED) is 0.874. The molecule has 1 aliphatic rings. The first kappa shape index (κ1) is 12.3. The van der Waals surface area contributed by atoms with Crippen LogP contribution in [0.2, 0.25) is 0 Å². The van der Waals surface area contributed by atoms with Crippen LogP contribution < -0.4 is 5.32 Å². The Morgan fingerprint density at radius 3 is 2.76 bits per heavy atom. The van der Waals surface area contributed by atoms with E-state index < -0.39 is 0 Å². The molecule has 4 nitrogen and oxygen atoms in total. The second-order valence-electron chi connectivity index (χ2n) is 5.40. The van der Waals surface area contributed by atoms with Gasteiger partial charge in [-0.3, -0.25) is 0 Å². The van der Waals surface area contributed by atoms with Crippen molar-refractivity contribution in [3.63, 3.8) is 0 Å². The Morgan fingerprint density at radius 1 is 1.41 bits per heavy atom. The summed E-state index contributed by atoms with van der Waals surface area (Å²) in [7, 11) is 0. The lowest BCUT2D eigenvalue weighted by atomic mass is 10.0. The van der Waals surface area contributed by atoms with Gasteiger partial charge in [0.1, 0.15) is 11.6 Å². The highest BCUT2D eigenvalue weighted by Crippen LogP contribution is 2.23. The molecule has 0 aliphatic carbocycles. The second kappa shape index (κ2) is 4.61. The zero-order valence-electron chi connectivity index (χ0n) is 11.1. The average molecular weight is 235 g/mol. The Labute approximate surface area is 103 Å². The number of anilines is 1. The summed E-state index contributed by atoms with van der Waals surface area (Å²) in [6.07, 6.45) is 1.02. The summed E-state index contributed by atoms with van der Waals surface area (Å²) in [5.74, 6) is 2.16. The van der Waals surface area contributed by atoms with Gasteiger partial charge in [0.15, 0.2) is 0 Å². The van der Waals surface area contributed by atoms with Crippen molar-refractivity contribution < 1.29 is 4.74 Å². The van der Waals surface area contributed by atoms with Gasteiger partial charge >= 0.3 is 0 Å². The SMILES string of the molecule is Cc1cc(NC2(C)CCOC2)nc(C(C)C)n1. The first-order valence-electron chi connectivity index (χ1n) is 6.20. The smallest absolute Gasteiger partial charge is 0.133 e. The molecule has 0 saturated carbocycles. The molecule has 1 aromatic heterocycles. The van der Waals surface area contributed by atoms with E-state index in [1.165, 1.54) is 0 Å². The van der Waals surface area contributed by atoms with Crippen molar-refractivity contribution >= 4 is 5.82 Å². The maximum Gasteiger partial charge on any atom is 0.133 e. The molecular formula is C13H21N3O. The zero-order valence-corrected chi connectivity index (χ0v) is 11.1. The van der Waals surface area contributed by atoms with E-state index in [9.17, 15) is 0 Å². The van der Waals surface area contributed by atoms with E-state index in [1.807, 2.05) is 13.0 Å². The van der Waals surface area contributed by atoms with Crippen LogP contribution in [0.3, 0.4) is 0 Å². The molecule has 0 amide bonds. The molecule has 1 aliphatic heterocycles. The van der Waals surface area contributed by atoms with Crippen LogP contribution in [0.4, 0.5) is 5.82 Å². The van der Waals surface area contributed by atoms with Crippen LogP contribution in [0.25, 0.3) is 0 Å². The van der Waals surface area contributed by atoms with Gasteiger partial charge in [-0.2, -0.15) is 0 Å². The lowest BCUT2D eigenvalue weighted by Crippen LogP contribution is -2.35. The normalized spacial score (nSPS) is 24.3. The molecule has 1 atom stereocenters. The standard InChI is InChI=1S/C13H21N3O/c1-9(2)12-14-10(3)7-11(15-12)16-13(4)5-6-17-8-13/h7,9H,5-6,8H2,1-4H3,(H,14,15,16). The van der Waals surface area contributed by atoms with E-state index >= 15 is 0 Å². The molecule has 0 spiro atoms. The minimum atomic E-state index is 0.00897. The number of rotatable bonds is 3. The maximum atomic E-state index is 5.43. The fourth-order valence-corrected chi connectivity index (χ4v) is 1.99. The number of hydrogen-bond donors (Lipinski definition) is 1. The molecule has 17 heavy (non-hydrogen) atoms. The third kappa shape index (κ3) is 2.94. The van der Waals surface area contributed by atoms with Gasteiger partial charge in [0.05, 0.1) is 12.1 Å². The summed E-state index contributed by atoms with van der Waals surface area (Å²) in [4.78, 5) is 9.01. The summed E-state index contributed by atoms with van der Waals surface area (Å²) in [5, 5.41) is 3.48. The first-order chi connectivity index (χ1) is 7.98. The molecule has 94 valence electrons. The van der Waals surface area contributed by atoms with Crippen molar-refractivity contribution in [2.75, 3.05) is 18.5 Å². The van der Waals surface area contributed by atoms with Gasteiger partial charge in [-0.25, -0.2) is 9.97 Å². The highest BCUT2D eigenvalue weighted by molar-refractivity contribution is 5.39. The summed E-state index contributed by atoms with van der Waals surface area (Å²) in [6.45, 7) is 9.97. The van der Waals surface area contributed by atoms with Crippen molar-refractivity contribution in [3.8, 4) is 0 Å². The van der Waals surface area contributed by atoms with Crippen LogP contribution in [-0.4, -0.2) is 28.7 Å². The van der Waals surface area contributed by atoms with Crippen LogP contribution in [0.15, 0.2) is 6.07 Å². The van der Waals surface area contributed by atoms with E-state index in [-0.39, 0.29) is 5.54 Å². The number of aryl methyl sites for hydroxylation is 1. The van der Waals surface area contributed by atoms with E-state index in [4.69, 9.17) is 4.74 Å². The van der Waals surface area contributed by atoms with Gasteiger partial charge in [-0.05, 0) is 20.3 Å². The minimum Gasteiger partial charge on any atom is -0.379 e. The lowest BCUT2D eigenvalue weighted by Gasteiger charge is -2.24. The second-order valence-corrected chi connectivity index (χ2v) is 5.40. The summed E-state index contributed by atoms with van der Waals surface area (Å²) < 4.78 is 5.43. The summed E-state index contributed by atoms with van der Waals surface area (Å²) in [5.41, 5.74) is 1.02. The van der Waals surface area contributed by atoms with Crippen LogP contribution in [0.1, 0.15) is 44.6 Å². The molecular weight excluding hydrogens is 214 g/mol. The third-order valence-corrected chi connectivity index (χ3v) is 3.04. The average Bonchev–Trinajstić information content (AvgIpc) is 2.63. The molecule has 2 rings (SSSR count). The Kier molecular flexibility index (Phi) is 3.33. The Morgan fingerprint density at radius 2 is 2.18 bits per heavy atom. The number of ether oxygens (including phenoxy) is 1. The molecule has 2 heterocycles. The lowest BCUT2D eigenvalue weighted by molar-refractivity contribution is 0.185. The molecule has 1 fully saturated rings. The first-order valence-corrected chi connectivity index (χ1v) is 6.20. The summed E-state index contributed by atoms with van der Waals surface area (Å²) in [6, 6.07) is 2.00. The molecule has 1 aromatic rings. The number of nitrogens with zero attached hydrogens (tertiary/aromatic N) is 2. The predicted molar refractivity (Wildman–Crippen MR) is 68.3 cm³/mol. The third-order valence-electron chi connectivity index (χ3n) is 3.04. The van der Waals surface area contributed by atoms with Gasteiger partial charge in [0.2, 0.25) is 0 Å². The van der Waals surface area contributed by atoms with Gasteiger partial charge in [-0.1, -0.05) is 13.8 Å². The van der Waals surface area contributed by atoms with Gasteiger partial charge in [0.25, 0.3) is 0 Å². The Bertz CT molecular complexity index is 398.